The van der Waals surface area contributed by atoms with Crippen molar-refractivity contribution in [2.24, 2.45) is 0 Å². The summed E-state index contributed by atoms with van der Waals surface area (Å²) in [6.07, 6.45) is 3.72. The van der Waals surface area contributed by atoms with Crippen molar-refractivity contribution in [3.63, 3.8) is 0 Å². The molecule has 1 aromatic heterocycles. The van der Waals surface area contributed by atoms with Gasteiger partial charge < -0.3 is 23.5 Å². The molecule has 1 aliphatic heterocycles. The Labute approximate surface area is 202 Å². The number of ketones is 1. The van der Waals surface area contributed by atoms with Crippen LogP contribution in [0.2, 0.25) is 0 Å². The number of nitrogens with zero attached hydrogens (tertiary/aromatic N) is 1. The van der Waals surface area contributed by atoms with Crippen molar-refractivity contribution in [1.29, 1.82) is 0 Å². The van der Waals surface area contributed by atoms with Crippen LogP contribution in [0.4, 0.5) is 0 Å². The Morgan fingerprint density at radius 1 is 1.00 bits per heavy atom. The smallest absolute Gasteiger partial charge is 0.347 e. The summed E-state index contributed by atoms with van der Waals surface area (Å²) in [5.74, 6) is 1.15. The number of carbonyl (C=O) groups is 2. The first-order valence-electron chi connectivity index (χ1n) is 11.1. The number of allylic oxidation sites excluding steroid dienone is 1. The maximum Gasteiger partial charge on any atom is 0.347 e. The Morgan fingerprint density at radius 2 is 1.80 bits per heavy atom. The van der Waals surface area contributed by atoms with Gasteiger partial charge in [0.2, 0.25) is 5.78 Å². The zero-order valence-electron chi connectivity index (χ0n) is 19.5. The molecule has 0 amide bonds. The van der Waals surface area contributed by atoms with E-state index in [0.717, 1.165) is 28.8 Å². The molecule has 4 aromatic rings. The summed E-state index contributed by atoms with van der Waals surface area (Å²) in [6.45, 7) is 2.84. The van der Waals surface area contributed by atoms with Gasteiger partial charge in [-0.2, -0.15) is 0 Å². The molecule has 0 saturated carbocycles. The molecule has 2 heterocycles. The van der Waals surface area contributed by atoms with Gasteiger partial charge in [-0.3, -0.25) is 4.79 Å². The highest BCUT2D eigenvalue weighted by atomic mass is 16.5. The minimum atomic E-state index is -0.566. The molecular weight excluding hydrogens is 446 g/mol. The SMILES string of the molecule is CCn1cc(/C=C2/Oc3cc(OC(=O)c4ccccc4OC)ccc3C2=O)c2cc(OC)ccc21. The van der Waals surface area contributed by atoms with E-state index in [9.17, 15) is 9.59 Å². The van der Waals surface area contributed by atoms with Crippen LogP contribution in [0, 0.1) is 0 Å². The second kappa shape index (κ2) is 9.02. The molecule has 176 valence electrons. The van der Waals surface area contributed by atoms with Gasteiger partial charge in [0, 0.05) is 35.3 Å². The van der Waals surface area contributed by atoms with Crippen molar-refractivity contribution < 1.29 is 28.5 Å². The van der Waals surface area contributed by atoms with Gasteiger partial charge in [0.25, 0.3) is 0 Å². The van der Waals surface area contributed by atoms with Gasteiger partial charge in [-0.1, -0.05) is 12.1 Å². The van der Waals surface area contributed by atoms with Gasteiger partial charge in [0.05, 0.1) is 19.8 Å². The van der Waals surface area contributed by atoms with E-state index in [4.69, 9.17) is 18.9 Å². The van der Waals surface area contributed by atoms with Gasteiger partial charge >= 0.3 is 5.97 Å². The predicted molar refractivity (Wildman–Crippen MR) is 131 cm³/mol. The number of fused-ring (bicyclic) bond motifs is 2. The molecule has 0 saturated heterocycles. The van der Waals surface area contributed by atoms with Crippen LogP contribution in [0.5, 0.6) is 23.0 Å². The third kappa shape index (κ3) is 4.01. The maximum absolute atomic E-state index is 13.0. The number of methoxy groups -OCH3 is 2. The summed E-state index contributed by atoms with van der Waals surface area (Å²) in [4.78, 5) is 25.7. The summed E-state index contributed by atoms with van der Waals surface area (Å²) in [6, 6.07) is 17.4. The number of carbonyl (C=O) groups excluding carboxylic acids is 2. The summed E-state index contributed by atoms with van der Waals surface area (Å²) >= 11 is 0. The van der Waals surface area contributed by atoms with Crippen LogP contribution < -0.4 is 18.9 Å². The Kier molecular flexibility index (Phi) is 5.74. The first kappa shape index (κ1) is 22.3. The number of ether oxygens (including phenoxy) is 4. The first-order chi connectivity index (χ1) is 17.0. The highest BCUT2D eigenvalue weighted by Crippen LogP contribution is 2.36. The monoisotopic (exact) mass is 469 g/mol. The van der Waals surface area contributed by atoms with Crippen molar-refractivity contribution in [2.45, 2.75) is 13.5 Å². The topological polar surface area (TPSA) is 76.0 Å². The van der Waals surface area contributed by atoms with E-state index in [1.807, 2.05) is 24.4 Å². The number of Topliss-reactive ketones (excluding diaryl/α,β-unsaturated/α-hetero) is 1. The number of hydrogen-bond donors (Lipinski definition) is 0. The highest BCUT2D eigenvalue weighted by Gasteiger charge is 2.29. The van der Waals surface area contributed by atoms with Gasteiger partial charge in [-0.25, -0.2) is 4.79 Å². The lowest BCUT2D eigenvalue weighted by Gasteiger charge is -2.08. The van der Waals surface area contributed by atoms with Crippen molar-refractivity contribution in [3.05, 3.63) is 89.3 Å². The molecule has 0 radical (unpaired) electrons. The van der Waals surface area contributed by atoms with Crippen molar-refractivity contribution in [2.75, 3.05) is 14.2 Å². The number of hydrogen-bond acceptors (Lipinski definition) is 6. The Bertz CT molecular complexity index is 1500. The molecule has 5 rings (SSSR count). The Balaban J connectivity index is 1.44. The van der Waals surface area contributed by atoms with E-state index < -0.39 is 5.97 Å². The fourth-order valence-electron chi connectivity index (χ4n) is 4.15. The van der Waals surface area contributed by atoms with Crippen LogP contribution in [0.1, 0.15) is 33.2 Å². The fraction of sp³-hybridized carbons (Fsp3) is 0.143. The number of rotatable bonds is 6. The van der Waals surface area contributed by atoms with Gasteiger partial charge in [0.15, 0.2) is 5.76 Å². The number of benzene rings is 3. The van der Waals surface area contributed by atoms with E-state index in [0.29, 0.717) is 22.6 Å². The molecule has 0 N–H and O–H groups in total. The molecule has 35 heavy (non-hydrogen) atoms. The third-order valence-electron chi connectivity index (χ3n) is 5.93. The van der Waals surface area contributed by atoms with E-state index in [1.165, 1.54) is 7.11 Å². The molecule has 0 bridgehead atoms. The Morgan fingerprint density at radius 3 is 2.57 bits per heavy atom. The molecule has 0 atom stereocenters. The van der Waals surface area contributed by atoms with Crippen LogP contribution in [-0.4, -0.2) is 30.5 Å². The summed E-state index contributed by atoms with van der Waals surface area (Å²) < 4.78 is 24.1. The average Bonchev–Trinajstić information content (AvgIpc) is 3.39. The molecule has 0 fully saturated rings. The van der Waals surface area contributed by atoms with Crippen molar-refractivity contribution in [1.82, 2.24) is 4.57 Å². The van der Waals surface area contributed by atoms with E-state index in [1.54, 1.807) is 55.7 Å². The first-order valence-corrected chi connectivity index (χ1v) is 11.1. The maximum atomic E-state index is 13.0. The molecular formula is C28H23NO6. The fourth-order valence-corrected chi connectivity index (χ4v) is 4.15. The number of esters is 1. The lowest BCUT2D eigenvalue weighted by Crippen LogP contribution is -2.10. The number of aryl methyl sites for hydroxylation is 1. The minimum absolute atomic E-state index is 0.200. The number of para-hydroxylation sites is 1. The van der Waals surface area contributed by atoms with E-state index in [2.05, 4.69) is 11.5 Å². The van der Waals surface area contributed by atoms with E-state index in [-0.39, 0.29) is 17.3 Å². The largest absolute Gasteiger partial charge is 0.497 e. The minimum Gasteiger partial charge on any atom is -0.497 e. The highest BCUT2D eigenvalue weighted by molar-refractivity contribution is 6.15. The zero-order valence-corrected chi connectivity index (χ0v) is 19.5. The molecule has 0 unspecified atom stereocenters. The van der Waals surface area contributed by atoms with Crippen molar-refractivity contribution in [3.8, 4) is 23.0 Å². The van der Waals surface area contributed by atoms with Gasteiger partial charge in [0.1, 0.15) is 28.6 Å². The molecule has 0 spiro atoms. The summed E-state index contributed by atoms with van der Waals surface area (Å²) in [7, 11) is 3.11. The molecule has 1 aliphatic rings. The van der Waals surface area contributed by atoms with Gasteiger partial charge in [-0.05, 0) is 55.5 Å². The summed E-state index contributed by atoms with van der Waals surface area (Å²) in [5.41, 5.74) is 2.59. The van der Waals surface area contributed by atoms with Crippen LogP contribution in [0.25, 0.3) is 17.0 Å². The second-order valence-corrected chi connectivity index (χ2v) is 7.94. The zero-order chi connectivity index (χ0) is 24.5. The van der Waals surface area contributed by atoms with Gasteiger partial charge in [-0.15, -0.1) is 0 Å². The normalized spacial score (nSPS) is 13.6. The second-order valence-electron chi connectivity index (χ2n) is 7.94. The van der Waals surface area contributed by atoms with Crippen LogP contribution in [0.3, 0.4) is 0 Å². The standard InChI is InChI=1S/C28H23NO6/c1-4-29-16-17(22-14-18(32-2)10-12-23(22)29)13-26-27(30)20-11-9-19(15-25(20)35-26)34-28(31)21-7-5-6-8-24(21)33-3/h5-16H,4H2,1-3H3/b26-13+. The van der Waals surface area contributed by atoms with Crippen LogP contribution in [-0.2, 0) is 6.54 Å². The molecule has 7 heteroatoms. The number of aromatic nitrogens is 1. The quantitative estimate of drug-likeness (QED) is 0.210. The van der Waals surface area contributed by atoms with E-state index >= 15 is 0 Å². The van der Waals surface area contributed by atoms with Crippen LogP contribution >= 0.6 is 0 Å². The molecule has 0 aliphatic carbocycles. The van der Waals surface area contributed by atoms with Crippen molar-refractivity contribution >= 4 is 28.7 Å². The third-order valence-corrected chi connectivity index (χ3v) is 5.93. The Hall–Kier alpha value is -4.52. The lowest BCUT2D eigenvalue weighted by molar-refractivity contribution is 0.0731. The summed E-state index contributed by atoms with van der Waals surface area (Å²) in [5, 5.41) is 0.956. The van der Waals surface area contributed by atoms with Crippen LogP contribution in [0.15, 0.2) is 72.6 Å². The molecule has 3 aromatic carbocycles. The lowest BCUT2D eigenvalue weighted by atomic mass is 10.1. The average molecular weight is 469 g/mol. The molecule has 7 nitrogen and oxygen atoms in total. The predicted octanol–water partition coefficient (Wildman–Crippen LogP) is 5.51.